The minimum absolute atomic E-state index is 0.153. The Hall–Kier alpha value is -0.570. The van der Waals surface area contributed by atoms with E-state index in [-0.39, 0.29) is 5.91 Å². The van der Waals surface area contributed by atoms with Crippen LogP contribution >= 0.6 is 0 Å². The molecule has 0 unspecified atom stereocenters. The van der Waals surface area contributed by atoms with E-state index in [1.165, 1.54) is 0 Å². The average molecular weight is 248 g/mol. The van der Waals surface area contributed by atoms with Gasteiger partial charge in [-0.2, -0.15) is 0 Å². The lowest BCUT2D eigenvalue weighted by Gasteiger charge is -2.04. The maximum absolute atomic E-state index is 10.7. The topological polar surface area (TPSA) is 41.1 Å². The molecule has 0 aromatic carbocycles. The van der Waals surface area contributed by atoms with E-state index >= 15 is 0 Å². The van der Waals surface area contributed by atoms with Crippen molar-refractivity contribution in [3.63, 3.8) is 0 Å². The predicted octanol–water partition coefficient (Wildman–Crippen LogP) is 3.45. The molecule has 0 spiro atoms. The Bertz CT molecular complexity index is 115. The third-order valence-corrected chi connectivity index (χ3v) is 1.36. The molecule has 3 nitrogen and oxygen atoms in total. The highest BCUT2D eigenvalue weighted by atomic mass is 16.1. The fourth-order valence-electron chi connectivity index (χ4n) is 0.625. The van der Waals surface area contributed by atoms with Crippen molar-refractivity contribution in [1.82, 2.24) is 10.6 Å². The summed E-state index contributed by atoms with van der Waals surface area (Å²) in [4.78, 5) is 10.7. The Morgan fingerprint density at radius 1 is 1.06 bits per heavy atom. The van der Waals surface area contributed by atoms with Gasteiger partial charge in [0.2, 0.25) is 5.91 Å². The van der Waals surface area contributed by atoms with Crippen LogP contribution in [0.3, 0.4) is 0 Å². The van der Waals surface area contributed by atoms with Crippen LogP contribution in [0.1, 0.15) is 61.3 Å². The van der Waals surface area contributed by atoms with Crippen molar-refractivity contribution in [2.45, 2.75) is 61.3 Å². The summed E-state index contributed by atoms with van der Waals surface area (Å²) in [6.45, 7) is 15.0. The molecule has 2 N–H and O–H groups in total. The van der Waals surface area contributed by atoms with Crippen LogP contribution in [0, 0.1) is 5.92 Å². The monoisotopic (exact) mass is 248 g/mol. The molecule has 0 aromatic heterocycles. The number of nitrogens with one attached hydrogen (secondary N) is 2. The summed E-state index contributed by atoms with van der Waals surface area (Å²) in [7, 11) is 3.75. The maximum atomic E-state index is 10.7. The van der Waals surface area contributed by atoms with Crippen LogP contribution in [0.2, 0.25) is 0 Å². The van der Waals surface area contributed by atoms with E-state index in [2.05, 4.69) is 24.5 Å². The van der Waals surface area contributed by atoms with E-state index in [9.17, 15) is 4.79 Å². The second kappa shape index (κ2) is 29.5. The molecule has 0 radical (unpaired) electrons. The van der Waals surface area contributed by atoms with Crippen LogP contribution in [-0.4, -0.2) is 26.5 Å². The molecule has 0 aliphatic rings. The van der Waals surface area contributed by atoms with E-state index < -0.39 is 0 Å². The van der Waals surface area contributed by atoms with E-state index in [0.29, 0.717) is 12.3 Å². The average Bonchev–Trinajstić information content (AvgIpc) is 2.34. The Labute approximate surface area is 110 Å². The minimum Gasteiger partial charge on any atom is -0.356 e. The first-order valence-electron chi connectivity index (χ1n) is 6.93. The quantitative estimate of drug-likeness (QED) is 0.800. The van der Waals surface area contributed by atoms with Gasteiger partial charge in [-0.3, -0.25) is 4.79 Å². The molecule has 3 heteroatoms. The third kappa shape index (κ3) is 50.4. The van der Waals surface area contributed by atoms with E-state index in [0.717, 1.165) is 13.0 Å². The van der Waals surface area contributed by atoms with Crippen LogP contribution in [-0.2, 0) is 4.79 Å². The molecule has 0 aromatic rings. The Balaban J connectivity index is -0.000000102. The van der Waals surface area contributed by atoms with Crippen LogP contribution in [0.5, 0.6) is 0 Å². The van der Waals surface area contributed by atoms with Crippen LogP contribution < -0.4 is 10.6 Å². The third-order valence-electron chi connectivity index (χ3n) is 1.36. The van der Waals surface area contributed by atoms with Gasteiger partial charge in [0, 0.05) is 13.0 Å². The molecule has 0 saturated heterocycles. The first-order valence-corrected chi connectivity index (χ1v) is 6.93. The maximum Gasteiger partial charge on any atom is 0.219 e. The lowest BCUT2D eigenvalue weighted by molar-refractivity contribution is -0.120. The van der Waals surface area contributed by atoms with Gasteiger partial charge < -0.3 is 10.6 Å². The highest BCUT2D eigenvalue weighted by Gasteiger charge is 1.96. The Kier molecular flexibility index (Phi) is 44.0. The molecule has 0 fully saturated rings. The Morgan fingerprint density at radius 2 is 1.41 bits per heavy atom. The molecule has 1 amide bonds. The van der Waals surface area contributed by atoms with Gasteiger partial charge in [-0.1, -0.05) is 48.5 Å². The summed E-state index contributed by atoms with van der Waals surface area (Å²) in [5, 5.41) is 5.57. The summed E-state index contributed by atoms with van der Waals surface area (Å²) in [6.07, 6.45) is 1.67. The zero-order valence-corrected chi connectivity index (χ0v) is 13.6. The smallest absolute Gasteiger partial charge is 0.219 e. The molecular weight excluding hydrogens is 212 g/mol. The normalized spacial score (nSPS) is 7.65. The van der Waals surface area contributed by atoms with Gasteiger partial charge in [0.05, 0.1) is 0 Å². The number of hydrogen-bond donors (Lipinski definition) is 2. The van der Waals surface area contributed by atoms with Crippen molar-refractivity contribution in [2.75, 3.05) is 20.6 Å². The molecule has 108 valence electrons. The zero-order valence-electron chi connectivity index (χ0n) is 13.6. The second-order valence-electron chi connectivity index (χ2n) is 3.39. The number of hydrogen-bond acceptors (Lipinski definition) is 2. The van der Waals surface area contributed by atoms with E-state index in [1.54, 1.807) is 0 Å². The van der Waals surface area contributed by atoms with Crippen LogP contribution in [0.25, 0.3) is 0 Å². The van der Waals surface area contributed by atoms with Gasteiger partial charge in [0.1, 0.15) is 0 Å². The first-order chi connectivity index (χ1) is 8.08. The minimum atomic E-state index is 0.153. The van der Waals surface area contributed by atoms with E-state index in [1.807, 2.05) is 48.7 Å². The summed E-state index contributed by atoms with van der Waals surface area (Å²) < 4.78 is 0. The van der Waals surface area contributed by atoms with Crippen molar-refractivity contribution in [2.24, 2.45) is 5.92 Å². The van der Waals surface area contributed by atoms with Crippen molar-refractivity contribution in [1.29, 1.82) is 0 Å². The molecular formula is C14H36N2O. The highest BCUT2D eigenvalue weighted by Crippen LogP contribution is 1.96. The lowest BCUT2D eigenvalue weighted by atomic mass is 10.1. The van der Waals surface area contributed by atoms with Crippen molar-refractivity contribution >= 4 is 5.91 Å². The summed E-state index contributed by atoms with van der Waals surface area (Å²) >= 11 is 0. The second-order valence-corrected chi connectivity index (χ2v) is 3.39. The molecule has 0 rings (SSSR count). The number of carbonyl (C=O) groups is 1. The van der Waals surface area contributed by atoms with E-state index in [4.69, 9.17) is 0 Å². The summed E-state index contributed by atoms with van der Waals surface area (Å²) in [6, 6.07) is 0. The first kappa shape index (κ1) is 25.3. The van der Waals surface area contributed by atoms with Crippen LogP contribution in [0.15, 0.2) is 0 Å². The van der Waals surface area contributed by atoms with Crippen molar-refractivity contribution in [3.8, 4) is 0 Å². The van der Waals surface area contributed by atoms with Gasteiger partial charge >= 0.3 is 0 Å². The number of amides is 1. The predicted molar refractivity (Wildman–Crippen MR) is 80.4 cm³/mol. The molecule has 17 heavy (non-hydrogen) atoms. The highest BCUT2D eigenvalue weighted by molar-refractivity contribution is 5.75. The molecule has 0 saturated carbocycles. The molecule has 0 heterocycles. The lowest BCUT2D eigenvalue weighted by Crippen LogP contribution is -2.24. The number of carbonyl (C=O) groups excluding carboxylic acids is 1. The largest absolute Gasteiger partial charge is 0.356 e. The van der Waals surface area contributed by atoms with Gasteiger partial charge in [0.15, 0.2) is 0 Å². The van der Waals surface area contributed by atoms with Gasteiger partial charge in [-0.25, -0.2) is 0 Å². The fraction of sp³-hybridized carbons (Fsp3) is 0.929. The standard InChI is InChI=1S/C8H17NO.C2H7N.2C2H6/c1-4-8(10)9-6-5-7(2)3;1-3-2;2*1-2/h7H,4-6H2,1-3H3,(H,9,10);3H,1-2H3;2*1-2H3. The van der Waals surface area contributed by atoms with Gasteiger partial charge in [-0.05, 0) is 26.4 Å². The molecule has 0 atom stereocenters. The van der Waals surface area contributed by atoms with Crippen molar-refractivity contribution < 1.29 is 4.79 Å². The van der Waals surface area contributed by atoms with Crippen molar-refractivity contribution in [3.05, 3.63) is 0 Å². The SMILES string of the molecule is CC.CC.CCC(=O)NCCC(C)C.CNC. The summed E-state index contributed by atoms with van der Waals surface area (Å²) in [5.74, 6) is 0.831. The van der Waals surface area contributed by atoms with Crippen LogP contribution in [0.4, 0.5) is 0 Å². The molecule has 0 aliphatic heterocycles. The molecule has 0 bridgehead atoms. The van der Waals surface area contributed by atoms with Gasteiger partial charge in [0.25, 0.3) is 0 Å². The zero-order chi connectivity index (χ0) is 14.7. The fourth-order valence-corrected chi connectivity index (χ4v) is 0.625. The van der Waals surface area contributed by atoms with Gasteiger partial charge in [-0.15, -0.1) is 0 Å². The molecule has 0 aliphatic carbocycles. The number of rotatable bonds is 4. The summed E-state index contributed by atoms with van der Waals surface area (Å²) in [5.41, 5.74) is 0. The Morgan fingerprint density at radius 3 is 1.65 bits per heavy atom.